The van der Waals surface area contributed by atoms with Crippen LogP contribution in [-0.4, -0.2) is 57.3 Å². The maximum atomic E-state index is 12.9. The average Bonchev–Trinajstić information content (AvgIpc) is 3.14. The molecule has 3 rings (SSSR count). The number of likely N-dealkylation sites (tertiary alicyclic amines) is 1. The Balaban J connectivity index is 1.39. The van der Waals surface area contributed by atoms with Crippen molar-refractivity contribution in [2.24, 2.45) is 0 Å². The van der Waals surface area contributed by atoms with Gasteiger partial charge in [0, 0.05) is 25.6 Å². The van der Waals surface area contributed by atoms with E-state index in [1.807, 2.05) is 23.1 Å². The molecule has 0 bridgehead atoms. The van der Waals surface area contributed by atoms with Gasteiger partial charge in [-0.2, -0.15) is 0 Å². The number of nitrogens with zero attached hydrogens (tertiary/aromatic N) is 1. The van der Waals surface area contributed by atoms with E-state index in [1.165, 1.54) is 12.1 Å². The van der Waals surface area contributed by atoms with E-state index in [0.717, 1.165) is 31.4 Å². The van der Waals surface area contributed by atoms with Crippen molar-refractivity contribution in [3.05, 3.63) is 53.8 Å². The molecule has 0 radical (unpaired) electrons. The van der Waals surface area contributed by atoms with Crippen molar-refractivity contribution < 1.29 is 23.4 Å². The van der Waals surface area contributed by atoms with Crippen molar-refractivity contribution in [3.8, 4) is 17.2 Å². The molecule has 7 heteroatoms. The van der Waals surface area contributed by atoms with E-state index >= 15 is 0 Å². The quantitative estimate of drug-likeness (QED) is 0.523. The summed E-state index contributed by atoms with van der Waals surface area (Å²) in [6.45, 7) is 2.73. The Bertz CT molecular complexity index is 844. The summed E-state index contributed by atoms with van der Waals surface area (Å²) in [7, 11) is 3.24. The molecule has 1 heterocycles. The van der Waals surface area contributed by atoms with Gasteiger partial charge >= 0.3 is 0 Å². The third kappa shape index (κ3) is 6.59. The van der Waals surface area contributed by atoms with Gasteiger partial charge in [-0.15, -0.1) is 0 Å². The van der Waals surface area contributed by atoms with E-state index < -0.39 is 0 Å². The van der Waals surface area contributed by atoms with E-state index in [-0.39, 0.29) is 17.8 Å². The fraction of sp³-hybridized carbons (Fsp3) is 0.458. The molecule has 1 aliphatic rings. The number of amides is 1. The molecular weight excluding hydrogens is 399 g/mol. The van der Waals surface area contributed by atoms with Crippen molar-refractivity contribution in [3.63, 3.8) is 0 Å². The number of hydrogen-bond acceptors (Lipinski definition) is 5. The molecule has 1 saturated heterocycles. The smallest absolute Gasteiger partial charge is 0.222 e. The number of rotatable bonds is 12. The number of carbonyl (C=O) groups is 1. The second kappa shape index (κ2) is 11.6. The molecule has 1 amide bonds. The average molecular weight is 431 g/mol. The lowest BCUT2D eigenvalue weighted by Crippen LogP contribution is -2.37. The zero-order valence-electron chi connectivity index (χ0n) is 18.2. The van der Waals surface area contributed by atoms with E-state index in [4.69, 9.17) is 14.2 Å². The van der Waals surface area contributed by atoms with Gasteiger partial charge in [0.1, 0.15) is 18.2 Å². The van der Waals surface area contributed by atoms with Crippen LogP contribution in [0, 0.1) is 5.82 Å². The van der Waals surface area contributed by atoms with Crippen LogP contribution in [0.2, 0.25) is 0 Å². The molecule has 0 aliphatic carbocycles. The number of hydrogen-bond donors (Lipinski definition) is 1. The zero-order chi connectivity index (χ0) is 22.1. The third-order valence-corrected chi connectivity index (χ3v) is 5.56. The summed E-state index contributed by atoms with van der Waals surface area (Å²) < 4.78 is 29.1. The van der Waals surface area contributed by atoms with Crippen LogP contribution in [0.15, 0.2) is 42.5 Å². The van der Waals surface area contributed by atoms with Crippen LogP contribution in [0.3, 0.4) is 0 Å². The first-order chi connectivity index (χ1) is 15.1. The Morgan fingerprint density at radius 3 is 2.58 bits per heavy atom. The predicted octanol–water partition coefficient (Wildman–Crippen LogP) is 3.44. The molecule has 0 saturated carbocycles. The van der Waals surface area contributed by atoms with Crippen LogP contribution < -0.4 is 19.5 Å². The molecular formula is C24H31FN2O4. The van der Waals surface area contributed by atoms with E-state index in [2.05, 4.69) is 5.32 Å². The van der Waals surface area contributed by atoms with Gasteiger partial charge in [0.2, 0.25) is 5.91 Å². The van der Waals surface area contributed by atoms with E-state index in [9.17, 15) is 9.18 Å². The molecule has 1 aliphatic heterocycles. The minimum atomic E-state index is -0.271. The monoisotopic (exact) mass is 430 g/mol. The highest BCUT2D eigenvalue weighted by Gasteiger charge is 2.29. The Kier molecular flexibility index (Phi) is 8.53. The van der Waals surface area contributed by atoms with Crippen LogP contribution >= 0.6 is 0 Å². The topological polar surface area (TPSA) is 60.0 Å². The van der Waals surface area contributed by atoms with Gasteiger partial charge in [0.25, 0.3) is 0 Å². The number of ether oxygens (including phenoxy) is 3. The number of methoxy groups -OCH3 is 2. The lowest BCUT2D eigenvalue weighted by molar-refractivity contribution is -0.129. The third-order valence-electron chi connectivity index (χ3n) is 5.56. The lowest BCUT2D eigenvalue weighted by atomic mass is 10.1. The van der Waals surface area contributed by atoms with Crippen molar-refractivity contribution in [1.82, 2.24) is 10.2 Å². The number of benzene rings is 2. The first-order valence-electron chi connectivity index (χ1n) is 10.7. The van der Waals surface area contributed by atoms with Gasteiger partial charge in [0.15, 0.2) is 11.5 Å². The molecule has 1 N–H and O–H groups in total. The molecule has 1 atom stereocenters. The van der Waals surface area contributed by atoms with Crippen LogP contribution in [0.25, 0.3) is 0 Å². The lowest BCUT2D eigenvalue weighted by Gasteiger charge is -2.25. The standard InChI is InChI=1S/C24H31FN2O4/c1-29-22-9-3-18(17-23(22)30-2)12-15-27-20(6-10-24(27)28)11-13-26-14-16-31-21-7-4-19(25)5-8-21/h3-5,7-9,17,20,26H,6,10-16H2,1-2H3/t20-/m0/s1. The largest absolute Gasteiger partial charge is 0.493 e. The van der Waals surface area contributed by atoms with Gasteiger partial charge in [-0.3, -0.25) is 4.79 Å². The summed E-state index contributed by atoms with van der Waals surface area (Å²) in [6, 6.07) is 12.2. The van der Waals surface area contributed by atoms with Crippen LogP contribution in [-0.2, 0) is 11.2 Å². The molecule has 6 nitrogen and oxygen atoms in total. The molecule has 0 unspecified atom stereocenters. The van der Waals surface area contributed by atoms with Gasteiger partial charge in [-0.05, 0) is 67.8 Å². The predicted molar refractivity (Wildman–Crippen MR) is 117 cm³/mol. The zero-order valence-corrected chi connectivity index (χ0v) is 18.2. The Morgan fingerprint density at radius 1 is 1.06 bits per heavy atom. The highest BCUT2D eigenvalue weighted by molar-refractivity contribution is 5.78. The van der Waals surface area contributed by atoms with Gasteiger partial charge < -0.3 is 24.4 Å². The number of halogens is 1. The number of carbonyl (C=O) groups excluding carboxylic acids is 1. The number of nitrogens with one attached hydrogen (secondary N) is 1. The second-order valence-electron chi connectivity index (χ2n) is 7.56. The van der Waals surface area contributed by atoms with Gasteiger partial charge in [-0.25, -0.2) is 4.39 Å². The fourth-order valence-corrected chi connectivity index (χ4v) is 3.85. The van der Waals surface area contributed by atoms with Crippen LogP contribution in [0.5, 0.6) is 17.2 Å². The summed E-state index contributed by atoms with van der Waals surface area (Å²) in [4.78, 5) is 14.4. The van der Waals surface area contributed by atoms with Gasteiger partial charge in [0.05, 0.1) is 14.2 Å². The molecule has 1 fully saturated rings. The summed E-state index contributed by atoms with van der Waals surface area (Å²) in [5.74, 6) is 2.02. The molecule has 168 valence electrons. The first-order valence-corrected chi connectivity index (χ1v) is 10.7. The Morgan fingerprint density at radius 2 is 1.84 bits per heavy atom. The molecule has 2 aromatic carbocycles. The van der Waals surface area contributed by atoms with Crippen molar-refractivity contribution >= 4 is 5.91 Å². The summed E-state index contributed by atoms with van der Waals surface area (Å²) in [6.07, 6.45) is 3.21. The highest BCUT2D eigenvalue weighted by atomic mass is 19.1. The van der Waals surface area contributed by atoms with Crippen LogP contribution in [0.1, 0.15) is 24.8 Å². The minimum Gasteiger partial charge on any atom is -0.493 e. The highest BCUT2D eigenvalue weighted by Crippen LogP contribution is 2.28. The maximum Gasteiger partial charge on any atom is 0.222 e. The van der Waals surface area contributed by atoms with Crippen molar-refractivity contribution in [1.29, 1.82) is 0 Å². The minimum absolute atomic E-state index is 0.227. The van der Waals surface area contributed by atoms with E-state index in [0.29, 0.717) is 43.4 Å². The van der Waals surface area contributed by atoms with Crippen molar-refractivity contribution in [2.75, 3.05) is 40.5 Å². The normalized spacial score (nSPS) is 15.9. The van der Waals surface area contributed by atoms with Crippen molar-refractivity contribution in [2.45, 2.75) is 31.7 Å². The Hall–Kier alpha value is -2.80. The molecule has 31 heavy (non-hydrogen) atoms. The summed E-state index contributed by atoms with van der Waals surface area (Å²) in [5, 5.41) is 3.36. The Labute approximate surface area is 183 Å². The maximum absolute atomic E-state index is 12.9. The van der Waals surface area contributed by atoms with Crippen LogP contribution in [0.4, 0.5) is 4.39 Å². The molecule has 0 aromatic heterocycles. The molecule has 0 spiro atoms. The van der Waals surface area contributed by atoms with Gasteiger partial charge in [-0.1, -0.05) is 6.07 Å². The molecule has 2 aromatic rings. The SMILES string of the molecule is COc1ccc(CCN2C(=O)CC[C@H]2CCNCCOc2ccc(F)cc2)cc1OC. The summed E-state index contributed by atoms with van der Waals surface area (Å²) >= 11 is 0. The fourth-order valence-electron chi connectivity index (χ4n) is 3.85. The second-order valence-corrected chi connectivity index (χ2v) is 7.56. The first kappa shape index (κ1) is 22.9. The summed E-state index contributed by atoms with van der Waals surface area (Å²) in [5.41, 5.74) is 1.12. The van der Waals surface area contributed by atoms with E-state index in [1.54, 1.807) is 26.4 Å².